The molecule has 1 aliphatic carbocycles. The molecule has 2 aromatic heterocycles. The fourth-order valence-corrected chi connectivity index (χ4v) is 12.0. The minimum atomic E-state index is -4.50. The van der Waals surface area contributed by atoms with Gasteiger partial charge in [0.2, 0.25) is 10.0 Å². The van der Waals surface area contributed by atoms with Crippen LogP contribution in [0, 0.1) is 21.4 Å². The molecule has 0 atom stereocenters. The summed E-state index contributed by atoms with van der Waals surface area (Å²) >= 11 is 6.54. The fraction of sp³-hybridized carbons (Fsp3) is 0.429. The zero-order valence-corrected chi connectivity index (χ0v) is 41.4. The number of ketones is 1. The molecular weight excluding hydrogens is 971 g/mol. The summed E-state index contributed by atoms with van der Waals surface area (Å²) in [7, 11) is -7.69. The summed E-state index contributed by atoms with van der Waals surface area (Å²) in [5.41, 5.74) is 2.88. The zero-order chi connectivity index (χ0) is 50.2. The minimum Gasteiger partial charge on any atom is -0.455 e. The Morgan fingerprint density at radius 3 is 2.41 bits per heavy atom. The number of benzene rings is 3. The van der Waals surface area contributed by atoms with Crippen molar-refractivity contribution in [3.05, 3.63) is 117 Å². The Labute approximate surface area is 410 Å². The van der Waals surface area contributed by atoms with Crippen molar-refractivity contribution in [2.24, 2.45) is 11.3 Å². The van der Waals surface area contributed by atoms with Gasteiger partial charge in [-0.25, -0.2) is 26.1 Å². The Balaban J connectivity index is 0.975. The van der Waals surface area contributed by atoms with E-state index in [0.717, 1.165) is 53.3 Å². The van der Waals surface area contributed by atoms with Crippen LogP contribution >= 0.6 is 11.6 Å². The summed E-state index contributed by atoms with van der Waals surface area (Å²) in [6.07, 6.45) is 4.21. The first-order valence-electron chi connectivity index (χ1n) is 23.1. The lowest BCUT2D eigenvalue weighted by atomic mass is 9.72. The largest absolute Gasteiger partial charge is 0.455 e. The lowest BCUT2D eigenvalue weighted by Crippen LogP contribution is -2.47. The van der Waals surface area contributed by atoms with Gasteiger partial charge in [-0.15, -0.1) is 0 Å². The van der Waals surface area contributed by atoms with Crippen LogP contribution in [0.3, 0.4) is 0 Å². The molecule has 2 N–H and O–H groups in total. The molecule has 0 radical (unpaired) electrons. The fourth-order valence-electron chi connectivity index (χ4n) is 9.57. The first-order chi connectivity index (χ1) is 33.0. The first kappa shape index (κ1) is 50.8. The van der Waals surface area contributed by atoms with Gasteiger partial charge >= 0.3 is 6.18 Å². The van der Waals surface area contributed by atoms with Crippen LogP contribution in [0.5, 0.6) is 11.5 Å². The van der Waals surface area contributed by atoms with Crippen LogP contribution in [0.1, 0.15) is 73.9 Å². The molecule has 0 amide bonds. The lowest BCUT2D eigenvalue weighted by molar-refractivity contribution is -0.384. The molecule has 2 saturated heterocycles. The van der Waals surface area contributed by atoms with Crippen molar-refractivity contribution >= 4 is 70.9 Å². The number of ether oxygens (including phenoxy) is 1. The van der Waals surface area contributed by atoms with Crippen LogP contribution in [0.15, 0.2) is 89.6 Å². The highest BCUT2D eigenvalue weighted by molar-refractivity contribution is 7.92. The number of H-pyrrole nitrogens is 1. The van der Waals surface area contributed by atoms with Crippen molar-refractivity contribution in [2.75, 3.05) is 74.6 Å². The summed E-state index contributed by atoms with van der Waals surface area (Å²) in [4.78, 5) is 37.1. The first-order valence-corrected chi connectivity index (χ1v) is 26.9. The van der Waals surface area contributed by atoms with Gasteiger partial charge in [-0.3, -0.25) is 19.8 Å². The van der Waals surface area contributed by atoms with Gasteiger partial charge in [0, 0.05) is 86.8 Å². The molecule has 70 heavy (non-hydrogen) atoms. The summed E-state index contributed by atoms with van der Waals surface area (Å²) in [5, 5.41) is 16.1. The smallest absolute Gasteiger partial charge is 0.416 e. The van der Waals surface area contributed by atoms with Gasteiger partial charge < -0.3 is 19.9 Å². The molecule has 2 aliphatic heterocycles. The van der Waals surface area contributed by atoms with E-state index in [9.17, 15) is 44.9 Å². The van der Waals surface area contributed by atoms with E-state index >= 15 is 0 Å². The number of piperazine rings is 1. The molecular formula is C49H55ClF3N7O8S2. The van der Waals surface area contributed by atoms with E-state index in [-0.39, 0.29) is 33.4 Å². The molecule has 0 bridgehead atoms. The van der Waals surface area contributed by atoms with Crippen LogP contribution in [-0.4, -0.2) is 111 Å². The number of fused-ring (bicyclic) bond motifs is 1. The third kappa shape index (κ3) is 12.0. The van der Waals surface area contributed by atoms with Crippen molar-refractivity contribution in [2.45, 2.75) is 63.4 Å². The highest BCUT2D eigenvalue weighted by atomic mass is 35.5. The number of carbonyl (C=O) groups is 1. The number of carbonyl (C=O) groups excluding carboxylic acids is 1. The summed E-state index contributed by atoms with van der Waals surface area (Å²) in [6, 6.07) is 15.5. The molecule has 21 heteroatoms. The van der Waals surface area contributed by atoms with E-state index in [4.69, 9.17) is 16.3 Å². The van der Waals surface area contributed by atoms with Crippen LogP contribution in [-0.2, 0) is 26.0 Å². The standard InChI is InChI=1S/C49H55ClF3N7O8S2/c1-48(2)15-10-34(41(28-48)39-7-4-35(25-42(39)50)49(51,52)53)30-57-20-22-58(23-21-57)36-5-8-40(46(26-36)68-37-24-33-12-17-55-47(33)56-29-37)45(61)31-70(66,67)38-6-9-43(44(27-38)60(62)63)54-16-11-32-13-18-59(19-14-32)69(3,64)65/h4-9,12,17,24-27,29,32,54H,10-11,13-16,18-23,28,30-31H2,1-3H3,(H,55,56). The number of Topliss-reactive ketones (excluding diaryl/α,β-unsaturated/α-hetero) is 1. The molecule has 3 aromatic carbocycles. The van der Waals surface area contributed by atoms with Crippen LogP contribution in [0.4, 0.5) is 30.2 Å². The third-order valence-electron chi connectivity index (χ3n) is 13.6. The normalized spacial score (nSPS) is 17.8. The van der Waals surface area contributed by atoms with Crippen LogP contribution in [0.2, 0.25) is 5.02 Å². The van der Waals surface area contributed by atoms with E-state index in [1.165, 1.54) is 41.0 Å². The third-order valence-corrected chi connectivity index (χ3v) is 16.8. The molecule has 15 nitrogen and oxygen atoms in total. The summed E-state index contributed by atoms with van der Waals surface area (Å²) < 4.78 is 99.8. The number of halogens is 4. The highest BCUT2D eigenvalue weighted by Gasteiger charge is 2.34. The maximum atomic E-state index is 14.1. The predicted molar refractivity (Wildman–Crippen MR) is 264 cm³/mol. The number of nitro benzene ring substituents is 1. The van der Waals surface area contributed by atoms with Crippen molar-refractivity contribution in [1.29, 1.82) is 0 Å². The molecule has 0 saturated carbocycles. The monoisotopic (exact) mass is 1030 g/mol. The van der Waals surface area contributed by atoms with E-state index in [2.05, 4.69) is 38.9 Å². The van der Waals surface area contributed by atoms with Crippen LogP contribution < -0.4 is 15.0 Å². The number of aromatic nitrogens is 2. The van der Waals surface area contributed by atoms with Crippen LogP contribution in [0.25, 0.3) is 16.6 Å². The molecule has 2 fully saturated rings. The lowest BCUT2D eigenvalue weighted by Gasteiger charge is -2.39. The number of nitro groups is 1. The number of alkyl halides is 3. The number of aromatic amines is 1. The van der Waals surface area contributed by atoms with Crippen molar-refractivity contribution in [3.63, 3.8) is 0 Å². The van der Waals surface area contributed by atoms with Crippen molar-refractivity contribution < 1.29 is 44.5 Å². The number of anilines is 2. The second-order valence-electron chi connectivity index (χ2n) is 19.2. The Bertz CT molecular complexity index is 3060. The molecule has 0 unspecified atom stereocenters. The van der Waals surface area contributed by atoms with Crippen molar-refractivity contribution in [3.8, 4) is 11.5 Å². The van der Waals surface area contributed by atoms with E-state index in [1.807, 2.05) is 6.07 Å². The number of nitrogens with one attached hydrogen (secondary N) is 2. The van der Waals surface area contributed by atoms with Gasteiger partial charge in [0.1, 0.15) is 28.6 Å². The Hall–Kier alpha value is -5.54. The van der Waals surface area contributed by atoms with Gasteiger partial charge in [0.25, 0.3) is 5.69 Å². The predicted octanol–water partition coefficient (Wildman–Crippen LogP) is 9.85. The van der Waals surface area contributed by atoms with Crippen molar-refractivity contribution in [1.82, 2.24) is 19.2 Å². The van der Waals surface area contributed by atoms with E-state index < -0.39 is 58.6 Å². The molecule has 0 spiro atoms. The van der Waals surface area contributed by atoms with Gasteiger partial charge in [0.15, 0.2) is 15.6 Å². The van der Waals surface area contributed by atoms with Gasteiger partial charge in [0.05, 0.1) is 33.4 Å². The Morgan fingerprint density at radius 1 is 0.986 bits per heavy atom. The number of nitrogens with zero attached hydrogens (tertiary/aromatic N) is 5. The summed E-state index contributed by atoms with van der Waals surface area (Å²) in [6.45, 7) is 8.55. The molecule has 4 heterocycles. The van der Waals surface area contributed by atoms with Gasteiger partial charge in [-0.05, 0) is 110 Å². The SMILES string of the molecule is CC1(C)CCC(CN2CCN(c3ccc(C(=O)CS(=O)(=O)c4ccc(NCCC5CCN(S(C)(=O)=O)CC5)c([N+](=O)[O-])c4)c(Oc4cnc5[nH]ccc5c4)c3)CC2)=C(c2ccc(C(F)(F)F)cc2Cl)C1. The number of hydrogen-bond donors (Lipinski definition) is 2. The number of allylic oxidation sites excluding steroid dienone is 1. The minimum absolute atomic E-state index is 0.0168. The number of piperidine rings is 1. The quantitative estimate of drug-likeness (QED) is 0.0542. The van der Waals surface area contributed by atoms with Gasteiger partial charge in [-0.2, -0.15) is 13.2 Å². The highest BCUT2D eigenvalue weighted by Crippen LogP contribution is 2.46. The second kappa shape index (κ2) is 20.3. The van der Waals surface area contributed by atoms with E-state index in [1.54, 1.807) is 24.4 Å². The average Bonchev–Trinajstić information content (AvgIpc) is 3.77. The maximum Gasteiger partial charge on any atom is 0.416 e. The topological polar surface area (TPSA) is 188 Å². The molecule has 374 valence electrons. The van der Waals surface area contributed by atoms with Gasteiger partial charge in [-0.1, -0.05) is 37.1 Å². The Morgan fingerprint density at radius 2 is 1.73 bits per heavy atom. The molecule has 3 aliphatic rings. The summed E-state index contributed by atoms with van der Waals surface area (Å²) in [5.74, 6) is -1.18. The average molecular weight is 1030 g/mol. The second-order valence-corrected chi connectivity index (χ2v) is 23.6. The number of rotatable bonds is 16. The van der Waals surface area contributed by atoms with E-state index in [0.29, 0.717) is 95.0 Å². The Kier molecular flexibility index (Phi) is 14.7. The molecule has 8 rings (SSSR count). The maximum absolute atomic E-state index is 14.1. The number of hydrogen-bond acceptors (Lipinski definition) is 12. The number of sulfone groups is 1. The zero-order valence-electron chi connectivity index (χ0n) is 39.0. The number of pyridine rings is 1. The molecule has 5 aromatic rings. The number of sulfonamides is 1.